The molecule has 2 amide bonds. The van der Waals surface area contributed by atoms with Gasteiger partial charge in [-0.05, 0) is 24.3 Å². The van der Waals surface area contributed by atoms with Crippen LogP contribution in [-0.4, -0.2) is 23.3 Å². The summed E-state index contributed by atoms with van der Waals surface area (Å²) in [5.41, 5.74) is 0.694. The third-order valence-corrected chi connectivity index (χ3v) is 3.60. The van der Waals surface area contributed by atoms with E-state index in [1.807, 2.05) is 0 Å². The van der Waals surface area contributed by atoms with Gasteiger partial charge in [0.05, 0.1) is 5.92 Å². The van der Waals surface area contributed by atoms with Crippen molar-refractivity contribution in [1.82, 2.24) is 4.98 Å². The lowest BCUT2D eigenvalue weighted by molar-refractivity contribution is -0.122. The summed E-state index contributed by atoms with van der Waals surface area (Å²) >= 11 is 0. The van der Waals surface area contributed by atoms with Crippen LogP contribution in [0.3, 0.4) is 0 Å². The van der Waals surface area contributed by atoms with Gasteiger partial charge in [-0.2, -0.15) is 0 Å². The first-order chi connectivity index (χ1) is 11.0. The Morgan fingerprint density at radius 3 is 2.48 bits per heavy atom. The zero-order chi connectivity index (χ0) is 16.4. The Hall–Kier alpha value is -2.83. The van der Waals surface area contributed by atoms with E-state index in [1.54, 1.807) is 12.1 Å². The molecule has 1 unspecified atom stereocenters. The number of hydrogen-bond donors (Lipinski definition) is 1. The SMILES string of the molecule is O=C(Nc1ccncc1)C1CC(=O)N(c2cc(F)cc(F)c2)C1. The van der Waals surface area contributed by atoms with E-state index in [2.05, 4.69) is 10.3 Å². The van der Waals surface area contributed by atoms with Crippen LogP contribution < -0.4 is 10.2 Å². The molecule has 1 aromatic heterocycles. The highest BCUT2D eigenvalue weighted by atomic mass is 19.1. The number of benzene rings is 1. The van der Waals surface area contributed by atoms with Gasteiger partial charge in [0.2, 0.25) is 11.8 Å². The molecule has 2 aromatic rings. The zero-order valence-electron chi connectivity index (χ0n) is 12.0. The van der Waals surface area contributed by atoms with E-state index in [1.165, 1.54) is 17.3 Å². The van der Waals surface area contributed by atoms with Crippen LogP contribution in [0.1, 0.15) is 6.42 Å². The first-order valence-electron chi connectivity index (χ1n) is 7.00. The molecule has 1 fully saturated rings. The molecule has 23 heavy (non-hydrogen) atoms. The molecule has 0 saturated carbocycles. The van der Waals surface area contributed by atoms with E-state index in [0.717, 1.165) is 18.2 Å². The van der Waals surface area contributed by atoms with Crippen LogP contribution in [0.5, 0.6) is 0 Å². The molecule has 0 spiro atoms. The molecule has 2 heterocycles. The topological polar surface area (TPSA) is 62.3 Å². The number of rotatable bonds is 3. The van der Waals surface area contributed by atoms with Crippen LogP contribution in [0.4, 0.5) is 20.2 Å². The van der Waals surface area contributed by atoms with Gasteiger partial charge in [0.15, 0.2) is 0 Å². The number of aromatic nitrogens is 1. The summed E-state index contributed by atoms with van der Waals surface area (Å²) in [7, 11) is 0. The minimum absolute atomic E-state index is 0.00491. The average molecular weight is 317 g/mol. The van der Waals surface area contributed by atoms with Crippen molar-refractivity contribution < 1.29 is 18.4 Å². The molecule has 118 valence electrons. The lowest BCUT2D eigenvalue weighted by Gasteiger charge is -2.17. The van der Waals surface area contributed by atoms with Crippen LogP contribution >= 0.6 is 0 Å². The monoisotopic (exact) mass is 317 g/mol. The highest BCUT2D eigenvalue weighted by Gasteiger charge is 2.35. The maximum Gasteiger partial charge on any atom is 0.229 e. The summed E-state index contributed by atoms with van der Waals surface area (Å²) < 4.78 is 26.6. The summed E-state index contributed by atoms with van der Waals surface area (Å²) in [4.78, 5) is 29.3. The van der Waals surface area contributed by atoms with E-state index in [0.29, 0.717) is 5.69 Å². The Morgan fingerprint density at radius 1 is 1.17 bits per heavy atom. The second kappa shape index (κ2) is 6.12. The average Bonchev–Trinajstić information content (AvgIpc) is 2.89. The highest BCUT2D eigenvalue weighted by Crippen LogP contribution is 2.27. The number of amides is 2. The largest absolute Gasteiger partial charge is 0.326 e. The Kier molecular flexibility index (Phi) is 4.01. The van der Waals surface area contributed by atoms with Gasteiger partial charge in [-0.25, -0.2) is 8.78 Å². The van der Waals surface area contributed by atoms with Gasteiger partial charge in [-0.3, -0.25) is 14.6 Å². The fourth-order valence-corrected chi connectivity index (χ4v) is 2.51. The van der Waals surface area contributed by atoms with Crippen molar-refractivity contribution in [3.05, 3.63) is 54.4 Å². The number of carbonyl (C=O) groups excluding carboxylic acids is 2. The smallest absolute Gasteiger partial charge is 0.229 e. The number of nitrogens with one attached hydrogen (secondary N) is 1. The zero-order valence-corrected chi connectivity index (χ0v) is 12.0. The molecule has 1 aliphatic heterocycles. The van der Waals surface area contributed by atoms with Crippen LogP contribution in [0.25, 0.3) is 0 Å². The molecular weight excluding hydrogens is 304 g/mol. The molecule has 1 aromatic carbocycles. The summed E-state index contributed by atoms with van der Waals surface area (Å²) in [6, 6.07) is 6.15. The fraction of sp³-hybridized carbons (Fsp3) is 0.188. The second-order valence-corrected chi connectivity index (χ2v) is 5.26. The van der Waals surface area contributed by atoms with Gasteiger partial charge in [0.25, 0.3) is 0 Å². The Morgan fingerprint density at radius 2 is 1.83 bits per heavy atom. The Balaban J connectivity index is 1.73. The third-order valence-electron chi connectivity index (χ3n) is 3.60. The molecule has 1 N–H and O–H groups in total. The first-order valence-corrected chi connectivity index (χ1v) is 7.00. The molecular formula is C16H13F2N3O2. The molecule has 0 bridgehead atoms. The van der Waals surface area contributed by atoms with Crippen LogP contribution in [-0.2, 0) is 9.59 Å². The fourth-order valence-electron chi connectivity index (χ4n) is 2.51. The summed E-state index contributed by atoms with van der Waals surface area (Å²) in [6.45, 7) is 0.0820. The maximum absolute atomic E-state index is 13.3. The quantitative estimate of drug-likeness (QED) is 0.945. The molecule has 0 radical (unpaired) electrons. The van der Waals surface area contributed by atoms with E-state index in [-0.39, 0.29) is 30.5 Å². The lowest BCUT2D eigenvalue weighted by Crippen LogP contribution is -2.28. The van der Waals surface area contributed by atoms with E-state index in [4.69, 9.17) is 0 Å². The molecule has 5 nitrogen and oxygen atoms in total. The molecule has 3 rings (SSSR count). The molecule has 1 aliphatic rings. The third kappa shape index (κ3) is 3.33. The Labute approximate surface area is 130 Å². The number of hydrogen-bond acceptors (Lipinski definition) is 3. The normalized spacial score (nSPS) is 17.4. The summed E-state index contributed by atoms with van der Waals surface area (Å²) in [5, 5.41) is 2.69. The van der Waals surface area contributed by atoms with E-state index >= 15 is 0 Å². The molecule has 1 saturated heterocycles. The predicted octanol–water partition coefficient (Wildman–Crippen LogP) is 2.35. The van der Waals surface area contributed by atoms with Gasteiger partial charge in [-0.1, -0.05) is 0 Å². The minimum Gasteiger partial charge on any atom is -0.326 e. The van der Waals surface area contributed by atoms with Crippen molar-refractivity contribution >= 4 is 23.2 Å². The number of carbonyl (C=O) groups is 2. The first kappa shape index (κ1) is 15.1. The molecule has 7 heteroatoms. The van der Waals surface area contributed by atoms with Crippen molar-refractivity contribution in [2.24, 2.45) is 5.92 Å². The number of nitrogens with zero attached hydrogens (tertiary/aromatic N) is 2. The van der Waals surface area contributed by atoms with E-state index in [9.17, 15) is 18.4 Å². The standard InChI is InChI=1S/C16H13F2N3O2/c17-11-6-12(18)8-14(7-11)21-9-10(5-15(21)22)16(23)20-13-1-3-19-4-2-13/h1-4,6-8,10H,5,9H2,(H,19,20,23). The van der Waals surface area contributed by atoms with Gasteiger partial charge in [0, 0.05) is 42.8 Å². The minimum atomic E-state index is -0.766. The Bertz CT molecular complexity index is 732. The van der Waals surface area contributed by atoms with Gasteiger partial charge in [0.1, 0.15) is 11.6 Å². The molecule has 1 atom stereocenters. The lowest BCUT2D eigenvalue weighted by atomic mass is 10.1. The van der Waals surface area contributed by atoms with Crippen molar-refractivity contribution in [3.63, 3.8) is 0 Å². The summed E-state index contributed by atoms with van der Waals surface area (Å²) in [5.74, 6) is -2.77. The van der Waals surface area contributed by atoms with Crippen molar-refractivity contribution in [3.8, 4) is 0 Å². The van der Waals surface area contributed by atoms with Gasteiger partial charge >= 0.3 is 0 Å². The maximum atomic E-state index is 13.3. The number of anilines is 2. The number of pyridine rings is 1. The predicted molar refractivity (Wildman–Crippen MR) is 79.7 cm³/mol. The van der Waals surface area contributed by atoms with Crippen LogP contribution in [0.15, 0.2) is 42.7 Å². The van der Waals surface area contributed by atoms with Gasteiger partial charge < -0.3 is 10.2 Å². The van der Waals surface area contributed by atoms with E-state index < -0.39 is 17.6 Å². The second-order valence-electron chi connectivity index (χ2n) is 5.26. The number of halogens is 2. The van der Waals surface area contributed by atoms with Crippen molar-refractivity contribution in [1.29, 1.82) is 0 Å². The van der Waals surface area contributed by atoms with Crippen molar-refractivity contribution in [2.75, 3.05) is 16.8 Å². The summed E-state index contributed by atoms with van der Waals surface area (Å²) in [6.07, 6.45) is 3.07. The van der Waals surface area contributed by atoms with Crippen LogP contribution in [0.2, 0.25) is 0 Å². The van der Waals surface area contributed by atoms with Crippen molar-refractivity contribution in [2.45, 2.75) is 6.42 Å². The molecule has 0 aliphatic carbocycles. The highest BCUT2D eigenvalue weighted by molar-refractivity contribution is 6.03. The van der Waals surface area contributed by atoms with Crippen LogP contribution in [0, 0.1) is 17.6 Å². The van der Waals surface area contributed by atoms with Gasteiger partial charge in [-0.15, -0.1) is 0 Å².